The number of Topliss-reactive ketones (excluding diaryl/α,β-unsaturated/α-hetero) is 2. The average molecular weight is 901 g/mol. The molecule has 4 bridgehead atoms. The van der Waals surface area contributed by atoms with Crippen molar-refractivity contribution in [3.8, 4) is 0 Å². The monoisotopic (exact) mass is 901 g/mol. The smallest absolute Gasteiger partial charge is 0.169 e. The number of hydrogen-bond acceptors (Lipinski definition) is 2. The maximum Gasteiger partial charge on any atom is 0.169 e. The van der Waals surface area contributed by atoms with E-state index in [-0.39, 0.29) is 43.3 Å². The van der Waals surface area contributed by atoms with E-state index in [1.807, 2.05) is 0 Å². The maximum absolute atomic E-state index is 15.0. The minimum Gasteiger partial charge on any atom is -0.308 e. The van der Waals surface area contributed by atoms with Gasteiger partial charge in [0.15, 0.2) is 11.6 Å². The van der Waals surface area contributed by atoms with Crippen molar-refractivity contribution >= 4 is 87.8 Å². The molecule has 0 N–H and O–H groups in total. The van der Waals surface area contributed by atoms with Crippen molar-refractivity contribution in [1.82, 2.24) is 8.80 Å². The molecule has 15 rings (SSSR count). The molecule has 4 nitrogen and oxygen atoms in total. The fraction of sp³-hybridized carbons (Fsp3) is 0.500. The summed E-state index contributed by atoms with van der Waals surface area (Å²) < 4.78 is 5.20. The molecule has 9 aromatic rings. The first kappa shape index (κ1) is 43.1. The summed E-state index contributed by atoms with van der Waals surface area (Å²) in [6.45, 7) is 37.9. The molecule has 6 aliphatic rings. The molecule has 0 spiro atoms. The van der Waals surface area contributed by atoms with Gasteiger partial charge in [0.25, 0.3) is 0 Å². The fourth-order valence-electron chi connectivity index (χ4n) is 15.0. The normalized spacial score (nSPS) is 26.1. The standard InChI is InChI=1S/C64H72N2O2/c1-57(2,3)41-31-43(59(7,8)9)51-37-29-48-38(30-47(37)65-45-27-33-39(25-35(45)49(41)53(51)65)61(13)17-21-63(15,22-18-61)55(33)67)52-44(60(10,11)12)32-42(58(4,5)6)50-36-26-40-34(28-46(36)66(48)54(50)52)56(68)64(16)23-19-62(40,14)20-24-64/h25-32H,17-24H2,1-16H3. The van der Waals surface area contributed by atoms with Crippen LogP contribution in [0.3, 0.4) is 0 Å². The molecule has 0 aliphatic heterocycles. The zero-order chi connectivity index (χ0) is 48.3. The number of carbonyl (C=O) groups excluding carboxylic acids is 2. The van der Waals surface area contributed by atoms with E-state index >= 15 is 0 Å². The summed E-state index contributed by atoms with van der Waals surface area (Å²) in [5.41, 5.74) is 16.0. The number of carbonyl (C=O) groups is 2. The van der Waals surface area contributed by atoms with Crippen molar-refractivity contribution in [2.24, 2.45) is 10.8 Å². The highest BCUT2D eigenvalue weighted by molar-refractivity contribution is 6.31. The molecule has 4 heterocycles. The Bertz CT molecular complexity index is 3550. The van der Waals surface area contributed by atoms with E-state index in [9.17, 15) is 9.59 Å². The lowest BCUT2D eigenvalue weighted by Crippen LogP contribution is -2.33. The third kappa shape index (κ3) is 5.13. The van der Waals surface area contributed by atoms with Crippen LogP contribution in [-0.2, 0) is 32.5 Å². The molecule has 6 aliphatic carbocycles. The summed E-state index contributed by atoms with van der Waals surface area (Å²) in [5.74, 6) is 0.671. The van der Waals surface area contributed by atoms with Crippen molar-refractivity contribution in [2.45, 2.75) is 195 Å². The van der Waals surface area contributed by atoms with E-state index in [4.69, 9.17) is 0 Å². The predicted octanol–water partition coefficient (Wildman–Crippen LogP) is 17.2. The third-order valence-corrected chi connectivity index (χ3v) is 19.5. The highest BCUT2D eigenvalue weighted by atomic mass is 16.1. The Morgan fingerprint density at radius 3 is 0.882 bits per heavy atom. The highest BCUT2D eigenvalue weighted by Crippen LogP contribution is 2.58. The van der Waals surface area contributed by atoms with Gasteiger partial charge < -0.3 is 8.80 Å². The number of nitrogens with zero attached hydrogens (tertiary/aromatic N) is 2. The first-order chi connectivity index (χ1) is 31.5. The number of aromatic nitrogens is 2. The molecular weight excluding hydrogens is 829 g/mol. The zero-order valence-electron chi connectivity index (χ0n) is 44.0. The van der Waals surface area contributed by atoms with Crippen LogP contribution >= 0.6 is 0 Å². The molecule has 0 radical (unpaired) electrons. The van der Waals surface area contributed by atoms with Gasteiger partial charge in [-0.2, -0.15) is 0 Å². The molecule has 0 amide bonds. The third-order valence-electron chi connectivity index (χ3n) is 19.5. The van der Waals surface area contributed by atoms with Gasteiger partial charge in [-0.15, -0.1) is 0 Å². The van der Waals surface area contributed by atoms with Crippen LogP contribution in [0.5, 0.6) is 0 Å². The Hall–Kier alpha value is -4.96. The number of ketones is 2. The van der Waals surface area contributed by atoms with Crippen LogP contribution in [0.4, 0.5) is 0 Å². The molecule has 350 valence electrons. The van der Waals surface area contributed by atoms with Crippen molar-refractivity contribution in [3.05, 3.63) is 93.0 Å². The van der Waals surface area contributed by atoms with Gasteiger partial charge in [-0.25, -0.2) is 0 Å². The van der Waals surface area contributed by atoms with Gasteiger partial charge in [-0.1, -0.05) is 123 Å². The SMILES string of the molecule is CC12CCC(C)(CC1)c1cc3c4c(C(C)(C)C)cc(C(C)(C)C)c5c6cc7c(cc6n(c3cc1C2=O)c45)c1c(C(C)(C)C)cc(C(C)(C)C)c2c3cc4c(cc3n7c21)C(=O)C1(C)CCC4(C)CC1. The molecule has 4 aromatic heterocycles. The largest absolute Gasteiger partial charge is 0.308 e. The Morgan fingerprint density at radius 1 is 0.353 bits per heavy atom. The molecule has 68 heavy (non-hydrogen) atoms. The number of benzene rings is 5. The fourth-order valence-corrected chi connectivity index (χ4v) is 15.0. The number of fused-ring (bicyclic) bond motifs is 16. The summed E-state index contributed by atoms with van der Waals surface area (Å²) in [5, 5.41) is 10.4. The van der Waals surface area contributed by atoms with Crippen LogP contribution in [0.25, 0.3) is 76.2 Å². The van der Waals surface area contributed by atoms with Crippen molar-refractivity contribution in [3.63, 3.8) is 0 Å². The van der Waals surface area contributed by atoms with Gasteiger partial charge in [0.1, 0.15) is 0 Å². The van der Waals surface area contributed by atoms with Crippen LogP contribution in [0.2, 0.25) is 0 Å². The zero-order valence-corrected chi connectivity index (χ0v) is 44.0. The van der Waals surface area contributed by atoms with Crippen molar-refractivity contribution in [1.29, 1.82) is 0 Å². The number of hydrogen-bond donors (Lipinski definition) is 0. The van der Waals surface area contributed by atoms with Gasteiger partial charge in [-0.05, 0) is 154 Å². The van der Waals surface area contributed by atoms with E-state index in [1.54, 1.807) is 0 Å². The molecular formula is C64H72N2O2. The highest BCUT2D eigenvalue weighted by Gasteiger charge is 2.51. The summed E-state index contributed by atoms with van der Waals surface area (Å²) in [4.78, 5) is 29.9. The molecule has 0 saturated heterocycles. The first-order valence-electron chi connectivity index (χ1n) is 26.2. The lowest BCUT2D eigenvalue weighted by atomic mass is 9.65. The Balaban J connectivity index is 1.28. The van der Waals surface area contributed by atoms with E-state index in [1.165, 1.54) is 98.5 Å². The summed E-state index contributed by atoms with van der Waals surface area (Å²) in [7, 11) is 0. The Kier molecular flexibility index (Phi) is 7.80. The minimum absolute atomic E-state index is 0.0231. The van der Waals surface area contributed by atoms with Gasteiger partial charge in [-0.3, -0.25) is 9.59 Å². The summed E-state index contributed by atoms with van der Waals surface area (Å²) in [6, 6.07) is 19.9. The van der Waals surface area contributed by atoms with E-state index in [0.717, 1.165) is 73.5 Å². The lowest BCUT2D eigenvalue weighted by molar-refractivity contribution is 0.0726. The van der Waals surface area contributed by atoms with Crippen LogP contribution in [-0.4, -0.2) is 20.4 Å². The molecule has 2 fully saturated rings. The Labute approximate surface area is 402 Å². The second-order valence-corrected chi connectivity index (χ2v) is 28.4. The van der Waals surface area contributed by atoms with Gasteiger partial charge >= 0.3 is 0 Å². The predicted molar refractivity (Wildman–Crippen MR) is 287 cm³/mol. The maximum atomic E-state index is 15.0. The van der Waals surface area contributed by atoms with Crippen LogP contribution in [0.15, 0.2) is 48.5 Å². The summed E-state index contributed by atoms with van der Waals surface area (Å²) in [6.07, 6.45) is 8.01. The van der Waals surface area contributed by atoms with E-state index in [0.29, 0.717) is 11.6 Å². The molecule has 4 heteroatoms. The average Bonchev–Trinajstić information content (AvgIpc) is 3.92. The molecule has 2 saturated carbocycles. The van der Waals surface area contributed by atoms with Gasteiger partial charge in [0, 0.05) is 65.0 Å². The molecule has 5 aromatic carbocycles. The van der Waals surface area contributed by atoms with Crippen LogP contribution in [0.1, 0.15) is 216 Å². The van der Waals surface area contributed by atoms with E-state index in [2.05, 4.69) is 168 Å². The van der Waals surface area contributed by atoms with Gasteiger partial charge in [0.2, 0.25) is 0 Å². The van der Waals surface area contributed by atoms with Crippen molar-refractivity contribution in [2.75, 3.05) is 0 Å². The molecule has 0 unspecified atom stereocenters. The topological polar surface area (TPSA) is 43.0 Å². The van der Waals surface area contributed by atoms with Gasteiger partial charge in [0.05, 0.1) is 33.1 Å². The quantitative estimate of drug-likeness (QED) is 0.152. The summed E-state index contributed by atoms with van der Waals surface area (Å²) >= 11 is 0. The molecule has 0 atom stereocenters. The van der Waals surface area contributed by atoms with Crippen molar-refractivity contribution < 1.29 is 9.59 Å². The van der Waals surface area contributed by atoms with Crippen LogP contribution < -0.4 is 0 Å². The number of rotatable bonds is 0. The van der Waals surface area contributed by atoms with E-state index < -0.39 is 0 Å². The Morgan fingerprint density at radius 2 is 0.603 bits per heavy atom. The second kappa shape index (κ2) is 12.3. The second-order valence-electron chi connectivity index (χ2n) is 28.4. The van der Waals surface area contributed by atoms with Crippen LogP contribution in [0, 0.1) is 10.8 Å². The first-order valence-corrected chi connectivity index (χ1v) is 26.2. The minimum atomic E-state index is -0.322. The lowest BCUT2D eigenvalue weighted by Gasteiger charge is -2.38.